The van der Waals surface area contributed by atoms with Crippen molar-refractivity contribution in [3.63, 3.8) is 0 Å². The Balaban J connectivity index is 1.36. The Morgan fingerprint density at radius 1 is 1.11 bits per heavy atom. The summed E-state index contributed by atoms with van der Waals surface area (Å²) in [6, 6.07) is 1.23. The molecule has 1 fully saturated rings. The number of ether oxygens (including phenoxy) is 1. The predicted octanol–water partition coefficient (Wildman–Crippen LogP) is 4.07. The van der Waals surface area contributed by atoms with E-state index < -0.39 is 30.2 Å². The first-order chi connectivity index (χ1) is 17.7. The van der Waals surface area contributed by atoms with Crippen molar-refractivity contribution in [2.24, 2.45) is 5.73 Å². The number of carbonyl (C=O) groups excluding carboxylic acids is 2. The number of benzene rings is 1. The highest BCUT2D eigenvalue weighted by atomic mass is 35.5. The van der Waals surface area contributed by atoms with Gasteiger partial charge in [-0.15, -0.1) is 0 Å². The number of primary amides is 1. The number of piperazine rings is 1. The first kappa shape index (κ1) is 29.0. The van der Waals surface area contributed by atoms with Crippen LogP contribution in [0.5, 0.6) is 5.88 Å². The molecule has 1 aromatic carbocycles. The fraction of sp³-hybridized carbons (Fsp3) is 0.542. The number of likely N-dealkylation sites (N-methyl/N-ethyl adjacent to an activating group) is 1. The Labute approximate surface area is 224 Å². The van der Waals surface area contributed by atoms with Gasteiger partial charge in [0.15, 0.2) is 0 Å². The van der Waals surface area contributed by atoms with Crippen LogP contribution in [0.4, 0.5) is 18.6 Å². The molecule has 1 aliphatic heterocycles. The van der Waals surface area contributed by atoms with E-state index in [4.69, 9.17) is 22.1 Å². The average Bonchev–Trinajstić information content (AvgIpc) is 3.25. The van der Waals surface area contributed by atoms with Crippen molar-refractivity contribution in [1.82, 2.24) is 19.5 Å². The summed E-state index contributed by atoms with van der Waals surface area (Å²) in [4.78, 5) is 29.1. The first-order valence-corrected chi connectivity index (χ1v) is 13.4. The lowest BCUT2D eigenvalue weighted by molar-refractivity contribution is 0.0996. The molecule has 0 saturated carbocycles. The van der Waals surface area contributed by atoms with Gasteiger partial charge in [-0.25, -0.2) is 13.6 Å². The number of halogens is 3. The normalized spacial score (nSPS) is 14.5. The number of nitrogens with one attached hydrogen (secondary N) is 2. The summed E-state index contributed by atoms with van der Waals surface area (Å²) in [6.45, 7) is 5.76. The quantitative estimate of drug-likeness (QED) is 0.252. The number of carbonyl (C=O) groups is 2. The molecule has 0 bridgehead atoms. The Kier molecular flexibility index (Phi) is 11.3. The second kappa shape index (κ2) is 14.4. The van der Waals surface area contributed by atoms with Gasteiger partial charge in [0.25, 0.3) is 5.91 Å². The maximum absolute atomic E-state index is 14.0. The molecule has 0 radical (unpaired) electrons. The van der Waals surface area contributed by atoms with E-state index in [9.17, 15) is 18.4 Å². The molecule has 37 heavy (non-hydrogen) atoms. The third kappa shape index (κ3) is 9.06. The molecule has 9 nitrogen and oxygen atoms in total. The van der Waals surface area contributed by atoms with Gasteiger partial charge >= 0.3 is 6.03 Å². The van der Waals surface area contributed by atoms with E-state index in [1.54, 1.807) is 0 Å². The van der Waals surface area contributed by atoms with Gasteiger partial charge in [0.05, 0.1) is 5.02 Å². The lowest BCUT2D eigenvalue weighted by Crippen LogP contribution is -2.44. The van der Waals surface area contributed by atoms with E-state index in [1.165, 1.54) is 6.42 Å². The molecular formula is C24H33ClF2N6O3S. The highest BCUT2D eigenvalue weighted by Crippen LogP contribution is 2.31. The largest absolute Gasteiger partial charge is 0.471 e. The number of unbranched alkanes of at least 4 members (excludes halogenated alkanes) is 4. The third-order valence-electron chi connectivity index (χ3n) is 6.12. The van der Waals surface area contributed by atoms with Crippen LogP contribution in [-0.4, -0.2) is 72.4 Å². The number of amides is 3. The van der Waals surface area contributed by atoms with Gasteiger partial charge in [-0.2, -0.15) is 4.37 Å². The van der Waals surface area contributed by atoms with Crippen LogP contribution in [0.2, 0.25) is 5.02 Å². The molecule has 3 rings (SSSR count). The monoisotopic (exact) mass is 558 g/mol. The predicted molar refractivity (Wildman–Crippen MR) is 140 cm³/mol. The molecule has 3 amide bonds. The van der Waals surface area contributed by atoms with Gasteiger partial charge in [0, 0.05) is 38.3 Å². The molecule has 13 heteroatoms. The topological polar surface area (TPSA) is 113 Å². The summed E-state index contributed by atoms with van der Waals surface area (Å²) in [6.07, 6.45) is 5.30. The number of hydrogen-bond donors (Lipinski definition) is 3. The van der Waals surface area contributed by atoms with Gasteiger partial charge in [0.2, 0.25) is 5.88 Å². The van der Waals surface area contributed by atoms with E-state index in [1.807, 2.05) is 0 Å². The summed E-state index contributed by atoms with van der Waals surface area (Å²) in [7, 11) is 2.16. The fourth-order valence-electron chi connectivity index (χ4n) is 3.91. The fourth-order valence-corrected chi connectivity index (χ4v) is 4.79. The Morgan fingerprint density at radius 3 is 2.54 bits per heavy atom. The molecule has 0 unspecified atom stereocenters. The van der Waals surface area contributed by atoms with Gasteiger partial charge in [-0.3, -0.25) is 10.1 Å². The van der Waals surface area contributed by atoms with Crippen LogP contribution in [0.25, 0.3) is 0 Å². The Morgan fingerprint density at radius 2 is 1.81 bits per heavy atom. The highest BCUT2D eigenvalue weighted by molar-refractivity contribution is 7.11. The van der Waals surface area contributed by atoms with E-state index in [2.05, 4.69) is 31.9 Å². The number of urea groups is 1. The van der Waals surface area contributed by atoms with E-state index in [-0.39, 0.29) is 27.0 Å². The van der Waals surface area contributed by atoms with Crippen LogP contribution in [0, 0.1) is 11.6 Å². The first-order valence-electron chi connectivity index (χ1n) is 12.3. The average molecular weight is 559 g/mol. The zero-order chi connectivity index (χ0) is 26.8. The number of aromatic nitrogens is 1. The van der Waals surface area contributed by atoms with Crippen molar-refractivity contribution < 1.29 is 23.1 Å². The molecule has 1 aliphatic rings. The second-order valence-electron chi connectivity index (χ2n) is 9.00. The van der Waals surface area contributed by atoms with E-state index in [0.29, 0.717) is 6.54 Å². The molecule has 1 aromatic heterocycles. The summed E-state index contributed by atoms with van der Waals surface area (Å²) in [5.74, 6) is -2.63. The molecule has 4 N–H and O–H groups in total. The SMILES string of the molecule is CN1CCN(CCCCCCCNC(=O)Nc2snc(OCc3cc(F)c(Cl)cc3F)c2C(N)=O)CC1. The van der Waals surface area contributed by atoms with Crippen molar-refractivity contribution >= 4 is 40.1 Å². The van der Waals surface area contributed by atoms with Crippen molar-refractivity contribution in [3.8, 4) is 5.88 Å². The number of nitrogens with zero attached hydrogens (tertiary/aromatic N) is 3. The van der Waals surface area contributed by atoms with Crippen LogP contribution in [-0.2, 0) is 6.61 Å². The van der Waals surface area contributed by atoms with Crippen molar-refractivity contribution in [3.05, 3.63) is 39.9 Å². The van der Waals surface area contributed by atoms with Gasteiger partial charge < -0.3 is 25.6 Å². The van der Waals surface area contributed by atoms with Gasteiger partial charge in [-0.05, 0) is 50.1 Å². The van der Waals surface area contributed by atoms with Gasteiger partial charge in [-0.1, -0.05) is 30.9 Å². The zero-order valence-electron chi connectivity index (χ0n) is 20.8. The smallest absolute Gasteiger partial charge is 0.319 e. The Bertz CT molecular complexity index is 1070. The number of hydrogen-bond acceptors (Lipinski definition) is 7. The second-order valence-corrected chi connectivity index (χ2v) is 10.2. The highest BCUT2D eigenvalue weighted by Gasteiger charge is 2.22. The molecule has 2 aromatic rings. The molecule has 1 saturated heterocycles. The van der Waals surface area contributed by atoms with E-state index >= 15 is 0 Å². The maximum atomic E-state index is 14.0. The maximum Gasteiger partial charge on any atom is 0.319 e. The third-order valence-corrected chi connectivity index (χ3v) is 7.16. The van der Waals surface area contributed by atoms with Crippen LogP contribution in [0.15, 0.2) is 12.1 Å². The minimum absolute atomic E-state index is 0.103. The molecule has 0 spiro atoms. The van der Waals surface area contributed by atoms with Crippen LogP contribution < -0.4 is 21.1 Å². The number of nitrogens with two attached hydrogens (primary N) is 1. The Hall–Kier alpha value is -2.54. The summed E-state index contributed by atoms with van der Waals surface area (Å²) >= 11 is 6.35. The zero-order valence-corrected chi connectivity index (χ0v) is 22.4. The summed E-state index contributed by atoms with van der Waals surface area (Å²) < 4.78 is 37.0. The standard InChI is InChI=1S/C24H33ClF2N6O3S/c1-32-9-11-33(12-10-32)8-6-4-2-3-5-7-29-24(35)30-23-20(21(28)34)22(31-37-23)36-15-16-13-19(27)17(25)14-18(16)26/h13-14H,2-12,15H2,1H3,(H2,28,34)(H2,29,30,35). The lowest BCUT2D eigenvalue weighted by Gasteiger charge is -2.32. The number of anilines is 1. The van der Waals surface area contributed by atoms with Gasteiger partial charge in [0.1, 0.15) is 28.8 Å². The molecule has 0 aliphatic carbocycles. The molecule has 0 atom stereocenters. The minimum Gasteiger partial charge on any atom is -0.471 e. The summed E-state index contributed by atoms with van der Waals surface area (Å²) in [5.41, 5.74) is 5.17. The van der Waals surface area contributed by atoms with E-state index in [0.717, 1.165) is 82.1 Å². The summed E-state index contributed by atoms with van der Waals surface area (Å²) in [5, 5.41) is 5.05. The molecular weight excluding hydrogens is 526 g/mol. The van der Waals surface area contributed by atoms with Crippen molar-refractivity contribution in [2.45, 2.75) is 38.7 Å². The number of rotatable bonds is 13. The van der Waals surface area contributed by atoms with Crippen molar-refractivity contribution in [1.29, 1.82) is 0 Å². The van der Waals surface area contributed by atoms with Crippen molar-refractivity contribution in [2.75, 3.05) is 51.6 Å². The molecule has 2 heterocycles. The van der Waals surface area contributed by atoms with Crippen LogP contribution in [0.1, 0.15) is 48.0 Å². The molecule has 204 valence electrons. The van der Waals surface area contributed by atoms with Crippen LogP contribution in [0.3, 0.4) is 0 Å². The van der Waals surface area contributed by atoms with Crippen LogP contribution >= 0.6 is 23.1 Å². The lowest BCUT2D eigenvalue weighted by atomic mass is 10.1. The minimum atomic E-state index is -0.876.